The van der Waals surface area contributed by atoms with E-state index in [4.69, 9.17) is 0 Å². The van der Waals surface area contributed by atoms with Crippen molar-refractivity contribution in [2.45, 2.75) is 50.6 Å². The molecule has 1 aromatic heterocycles. The molecule has 0 aromatic carbocycles. The third-order valence-electron chi connectivity index (χ3n) is 5.25. The van der Waals surface area contributed by atoms with Crippen molar-refractivity contribution < 1.29 is 0 Å². The summed E-state index contributed by atoms with van der Waals surface area (Å²) < 4.78 is 3.41. The molecule has 1 saturated heterocycles. The molecule has 98 valence electrons. The lowest BCUT2D eigenvalue weighted by Crippen LogP contribution is -2.55. The van der Waals surface area contributed by atoms with Crippen LogP contribution in [0.2, 0.25) is 0 Å². The first-order valence-electron chi connectivity index (χ1n) is 7.10. The Bertz CT molecular complexity index is 475. The van der Waals surface area contributed by atoms with Crippen molar-refractivity contribution in [1.29, 1.82) is 0 Å². The minimum absolute atomic E-state index is 0.487. The number of hydrogen-bond donors (Lipinski definition) is 1. The lowest BCUT2D eigenvalue weighted by atomic mass is 9.81. The van der Waals surface area contributed by atoms with Gasteiger partial charge in [0.15, 0.2) is 0 Å². The molecular weight excluding hydrogens is 337 g/mol. The molecule has 2 unspecified atom stereocenters. The normalized spacial score (nSPS) is 41.2. The van der Waals surface area contributed by atoms with Gasteiger partial charge in [-0.1, -0.05) is 0 Å². The molecule has 3 fully saturated rings. The summed E-state index contributed by atoms with van der Waals surface area (Å²) >= 11 is 2.35. The zero-order valence-electron chi connectivity index (χ0n) is 11.0. The summed E-state index contributed by atoms with van der Waals surface area (Å²) in [5.74, 6) is 2.67. The fourth-order valence-electron chi connectivity index (χ4n) is 4.29. The molecule has 1 aliphatic heterocycles. The van der Waals surface area contributed by atoms with Crippen LogP contribution in [-0.4, -0.2) is 21.9 Å². The van der Waals surface area contributed by atoms with Crippen LogP contribution in [0.15, 0.2) is 6.07 Å². The number of aromatic nitrogens is 2. The van der Waals surface area contributed by atoms with Gasteiger partial charge in [-0.15, -0.1) is 0 Å². The minimum Gasteiger partial charge on any atom is -0.311 e. The molecular formula is C14H20IN3. The van der Waals surface area contributed by atoms with Gasteiger partial charge in [-0.25, -0.2) is 0 Å². The van der Waals surface area contributed by atoms with E-state index in [9.17, 15) is 0 Å². The highest BCUT2D eigenvalue weighted by Gasteiger charge is 2.63. The van der Waals surface area contributed by atoms with Gasteiger partial charge in [-0.3, -0.25) is 4.68 Å². The summed E-state index contributed by atoms with van der Waals surface area (Å²) in [5.41, 5.74) is 2.06. The summed E-state index contributed by atoms with van der Waals surface area (Å²) in [4.78, 5) is 0. The lowest BCUT2D eigenvalue weighted by molar-refractivity contribution is 0.189. The second kappa shape index (κ2) is 3.72. The Morgan fingerprint density at radius 3 is 2.61 bits per heavy atom. The van der Waals surface area contributed by atoms with Crippen molar-refractivity contribution in [2.24, 2.45) is 11.8 Å². The Hall–Kier alpha value is -0.100. The highest BCUT2D eigenvalue weighted by atomic mass is 127. The van der Waals surface area contributed by atoms with E-state index in [2.05, 4.69) is 57.6 Å². The summed E-state index contributed by atoms with van der Waals surface area (Å²) in [5, 5.41) is 8.33. The molecule has 4 rings (SSSR count). The van der Waals surface area contributed by atoms with Gasteiger partial charge in [0, 0.05) is 23.2 Å². The number of nitrogens with zero attached hydrogens (tertiary/aromatic N) is 2. The zero-order chi connectivity index (χ0) is 12.5. The van der Waals surface area contributed by atoms with Crippen molar-refractivity contribution >= 4 is 22.6 Å². The van der Waals surface area contributed by atoms with Crippen LogP contribution in [-0.2, 0) is 0 Å². The van der Waals surface area contributed by atoms with Gasteiger partial charge in [0.05, 0.1) is 0 Å². The molecule has 4 atom stereocenters. The maximum atomic E-state index is 4.66. The molecule has 2 heterocycles. The summed E-state index contributed by atoms with van der Waals surface area (Å²) in [7, 11) is 0. The quantitative estimate of drug-likeness (QED) is 0.825. The molecule has 18 heavy (non-hydrogen) atoms. The van der Waals surface area contributed by atoms with Gasteiger partial charge in [-0.05, 0) is 80.1 Å². The predicted molar refractivity (Wildman–Crippen MR) is 79.6 cm³/mol. The Morgan fingerprint density at radius 1 is 1.44 bits per heavy atom. The smallest absolute Gasteiger partial charge is 0.123 e. The highest BCUT2D eigenvalue weighted by molar-refractivity contribution is 14.1. The van der Waals surface area contributed by atoms with Gasteiger partial charge >= 0.3 is 0 Å². The number of halogens is 1. The largest absolute Gasteiger partial charge is 0.311 e. The molecule has 3 nitrogen and oxygen atoms in total. The molecule has 1 aromatic rings. The van der Waals surface area contributed by atoms with Gasteiger partial charge in [0.1, 0.15) is 3.70 Å². The fraction of sp³-hybridized carbons (Fsp3) is 0.786. The van der Waals surface area contributed by atoms with Crippen molar-refractivity contribution in [1.82, 2.24) is 15.1 Å². The Labute approximate surface area is 122 Å². The van der Waals surface area contributed by atoms with E-state index >= 15 is 0 Å². The average molecular weight is 357 g/mol. The molecule has 2 saturated carbocycles. The molecule has 0 radical (unpaired) electrons. The maximum absolute atomic E-state index is 4.66. The van der Waals surface area contributed by atoms with Crippen LogP contribution in [0.25, 0.3) is 0 Å². The lowest BCUT2D eigenvalue weighted by Gasteiger charge is -2.42. The van der Waals surface area contributed by atoms with Crippen molar-refractivity contribution in [3.63, 3.8) is 0 Å². The molecule has 3 aliphatic rings. The van der Waals surface area contributed by atoms with Crippen molar-refractivity contribution in [2.75, 3.05) is 6.54 Å². The molecule has 4 heteroatoms. The number of fused-ring (bicyclic) bond motifs is 1. The van der Waals surface area contributed by atoms with Crippen LogP contribution in [0.3, 0.4) is 0 Å². The third kappa shape index (κ3) is 1.54. The topological polar surface area (TPSA) is 29.9 Å². The van der Waals surface area contributed by atoms with E-state index in [1.807, 2.05) is 0 Å². The monoisotopic (exact) mass is 357 g/mol. The van der Waals surface area contributed by atoms with Crippen LogP contribution in [0.4, 0.5) is 0 Å². The molecule has 1 spiro atoms. The standard InChI is InChI=1S/C14H20IN3/c1-8(2)18-11(5-12(15)17-18)13-9-6-14(3-4-16-14)7-10(9)13/h5,8-10,13,16H,3-4,6-7H2,1-2H3/t9-,10+,13?,14?. The van der Waals surface area contributed by atoms with E-state index in [0.717, 1.165) is 21.5 Å². The fourth-order valence-corrected chi connectivity index (χ4v) is 4.84. The van der Waals surface area contributed by atoms with Crippen LogP contribution in [0.1, 0.15) is 50.8 Å². The van der Waals surface area contributed by atoms with Crippen LogP contribution < -0.4 is 5.32 Å². The van der Waals surface area contributed by atoms with Crippen LogP contribution >= 0.6 is 22.6 Å². The van der Waals surface area contributed by atoms with Crippen molar-refractivity contribution in [3.8, 4) is 0 Å². The maximum Gasteiger partial charge on any atom is 0.123 e. The Balaban J connectivity index is 1.57. The van der Waals surface area contributed by atoms with E-state index in [1.165, 1.54) is 31.5 Å². The SMILES string of the molecule is CC(C)n1nc(I)cc1C1[C@H]2CC3(CCN3)C[C@@H]12. The summed E-state index contributed by atoms with van der Waals surface area (Å²) in [6.45, 7) is 5.71. The summed E-state index contributed by atoms with van der Waals surface area (Å²) in [6, 6.07) is 2.80. The minimum atomic E-state index is 0.487. The molecule has 1 N–H and O–H groups in total. The molecule has 0 bridgehead atoms. The first-order valence-corrected chi connectivity index (χ1v) is 8.17. The molecule has 2 aliphatic carbocycles. The van der Waals surface area contributed by atoms with E-state index in [0.29, 0.717) is 11.6 Å². The first kappa shape index (κ1) is 11.7. The van der Waals surface area contributed by atoms with Gasteiger partial charge in [0.25, 0.3) is 0 Å². The highest BCUT2D eigenvalue weighted by Crippen LogP contribution is 2.67. The van der Waals surface area contributed by atoms with E-state index in [1.54, 1.807) is 0 Å². The van der Waals surface area contributed by atoms with Crippen LogP contribution in [0.5, 0.6) is 0 Å². The van der Waals surface area contributed by atoms with Gasteiger partial charge < -0.3 is 5.32 Å². The Kier molecular flexibility index (Phi) is 2.42. The zero-order valence-corrected chi connectivity index (χ0v) is 13.1. The first-order chi connectivity index (χ1) is 8.60. The van der Waals surface area contributed by atoms with E-state index < -0.39 is 0 Å². The second-order valence-electron chi connectivity index (χ2n) is 6.65. The van der Waals surface area contributed by atoms with Gasteiger partial charge in [-0.2, -0.15) is 5.10 Å². The predicted octanol–water partition coefficient (Wildman–Crippen LogP) is 2.92. The van der Waals surface area contributed by atoms with Gasteiger partial charge in [0.2, 0.25) is 0 Å². The number of hydrogen-bond acceptors (Lipinski definition) is 2. The molecule has 0 amide bonds. The number of nitrogens with one attached hydrogen (secondary N) is 1. The van der Waals surface area contributed by atoms with E-state index in [-0.39, 0.29) is 0 Å². The third-order valence-corrected chi connectivity index (χ3v) is 5.78. The number of rotatable bonds is 2. The summed E-state index contributed by atoms with van der Waals surface area (Å²) in [6.07, 6.45) is 4.22. The van der Waals surface area contributed by atoms with Crippen molar-refractivity contribution in [3.05, 3.63) is 15.5 Å². The Morgan fingerprint density at radius 2 is 2.11 bits per heavy atom. The second-order valence-corrected chi connectivity index (χ2v) is 7.75. The van der Waals surface area contributed by atoms with Crippen LogP contribution in [0, 0.1) is 15.5 Å². The average Bonchev–Trinajstić information content (AvgIpc) is 2.67.